The monoisotopic (exact) mass is 358 g/mol. The predicted octanol–water partition coefficient (Wildman–Crippen LogP) is 2.54. The number of ketones is 1. The number of fused-ring (bicyclic) bond motifs is 5. The number of Topliss-reactive ketones (excluding diaryl/α,β-unsaturated/α-hetero) is 1. The van der Waals surface area contributed by atoms with Gasteiger partial charge in [0.25, 0.3) is 0 Å². The summed E-state index contributed by atoms with van der Waals surface area (Å²) in [6, 6.07) is 0. The van der Waals surface area contributed by atoms with Crippen molar-refractivity contribution in [2.45, 2.75) is 58.2 Å². The fraction of sp³-hybridized carbons (Fsp3) is 0.682. The van der Waals surface area contributed by atoms with Gasteiger partial charge in [0.2, 0.25) is 0 Å². The van der Waals surface area contributed by atoms with Gasteiger partial charge in [-0.05, 0) is 50.0 Å². The Bertz CT molecular complexity index is 734. The number of carbonyl (C=O) groups excluding carboxylic acids is 1. The molecule has 0 aromatic rings. The highest BCUT2D eigenvalue weighted by atomic mass is 16.3. The van der Waals surface area contributed by atoms with E-state index in [0.29, 0.717) is 12.8 Å². The van der Waals surface area contributed by atoms with E-state index in [0.717, 1.165) is 12.8 Å². The number of hydrogen-bond acceptors (Lipinski definition) is 4. The fourth-order valence-electron chi connectivity index (χ4n) is 7.11. The van der Waals surface area contributed by atoms with Crippen molar-refractivity contribution >= 4 is 5.78 Å². The zero-order valence-electron chi connectivity index (χ0n) is 15.9. The highest BCUT2D eigenvalue weighted by Crippen LogP contribution is 2.67. The van der Waals surface area contributed by atoms with Gasteiger partial charge in [0.15, 0.2) is 5.78 Å². The van der Waals surface area contributed by atoms with Gasteiger partial charge in [0.1, 0.15) is 12.2 Å². The topological polar surface area (TPSA) is 77.8 Å². The first-order valence-corrected chi connectivity index (χ1v) is 9.80. The van der Waals surface area contributed by atoms with E-state index in [9.17, 15) is 20.1 Å². The Morgan fingerprint density at radius 3 is 2.73 bits per heavy atom. The van der Waals surface area contributed by atoms with Gasteiger partial charge in [0.05, 0.1) is 6.10 Å². The molecule has 0 bridgehead atoms. The number of aliphatic hydroxyl groups excluding tert-OH is 2. The number of rotatable bonds is 2. The van der Waals surface area contributed by atoms with Gasteiger partial charge in [-0.1, -0.05) is 43.7 Å². The van der Waals surface area contributed by atoms with Gasteiger partial charge in [-0.25, -0.2) is 0 Å². The molecule has 0 saturated heterocycles. The minimum absolute atomic E-state index is 0.0899. The van der Waals surface area contributed by atoms with Gasteiger partial charge < -0.3 is 15.3 Å². The van der Waals surface area contributed by atoms with E-state index >= 15 is 0 Å². The van der Waals surface area contributed by atoms with Gasteiger partial charge in [-0.3, -0.25) is 4.79 Å². The molecule has 2 saturated carbocycles. The molecular weight excluding hydrogens is 328 g/mol. The molecule has 0 aromatic carbocycles. The van der Waals surface area contributed by atoms with E-state index in [1.807, 2.05) is 6.92 Å². The molecule has 3 N–H and O–H groups in total. The van der Waals surface area contributed by atoms with Crippen molar-refractivity contribution in [2.24, 2.45) is 28.6 Å². The van der Waals surface area contributed by atoms with Crippen LogP contribution in [-0.2, 0) is 4.79 Å². The Hall–Kier alpha value is -1.23. The Morgan fingerprint density at radius 2 is 2.04 bits per heavy atom. The van der Waals surface area contributed by atoms with Crippen LogP contribution in [0.3, 0.4) is 0 Å². The van der Waals surface area contributed by atoms with Crippen molar-refractivity contribution in [3.8, 4) is 0 Å². The molecule has 4 aliphatic rings. The van der Waals surface area contributed by atoms with E-state index in [1.165, 1.54) is 11.1 Å². The summed E-state index contributed by atoms with van der Waals surface area (Å²) < 4.78 is 0. The maximum atomic E-state index is 12.4. The summed E-state index contributed by atoms with van der Waals surface area (Å²) in [5, 5.41) is 31.9. The summed E-state index contributed by atoms with van der Waals surface area (Å²) in [5.74, 6) is -0.00567. The van der Waals surface area contributed by atoms with Crippen molar-refractivity contribution in [1.29, 1.82) is 0 Å². The molecule has 0 aliphatic heterocycles. The third kappa shape index (κ3) is 2.04. The van der Waals surface area contributed by atoms with Crippen LogP contribution >= 0.6 is 0 Å². The minimum atomic E-state index is -1.53. The first-order chi connectivity index (χ1) is 12.2. The Labute approximate surface area is 155 Å². The van der Waals surface area contributed by atoms with Crippen LogP contribution in [0.2, 0.25) is 0 Å². The predicted molar refractivity (Wildman–Crippen MR) is 99.2 cm³/mol. The second-order valence-electron chi connectivity index (χ2n) is 9.36. The quantitative estimate of drug-likeness (QED) is 0.709. The zero-order chi connectivity index (χ0) is 18.9. The SMILES string of the molecule is CC1=C2C=CC=C[C@]2(C)[C@H]2C(O)C[C@@]3(C)[C@@H](CC[C@]3(O)C(=O)CO)[C@@H]2C1. The van der Waals surface area contributed by atoms with E-state index < -0.39 is 29.5 Å². The van der Waals surface area contributed by atoms with E-state index in [2.05, 4.69) is 38.2 Å². The summed E-state index contributed by atoms with van der Waals surface area (Å²) in [5.41, 5.74) is 0.234. The smallest absolute Gasteiger partial charge is 0.190 e. The van der Waals surface area contributed by atoms with Crippen LogP contribution in [0, 0.1) is 28.6 Å². The maximum absolute atomic E-state index is 12.4. The number of aliphatic hydroxyl groups is 3. The molecule has 26 heavy (non-hydrogen) atoms. The summed E-state index contributed by atoms with van der Waals surface area (Å²) in [7, 11) is 0. The van der Waals surface area contributed by atoms with Gasteiger partial charge in [-0.2, -0.15) is 0 Å². The molecule has 2 fully saturated rings. The lowest BCUT2D eigenvalue weighted by atomic mass is 9.46. The lowest BCUT2D eigenvalue weighted by Crippen LogP contribution is -2.61. The van der Waals surface area contributed by atoms with Crippen molar-refractivity contribution in [3.63, 3.8) is 0 Å². The third-order valence-electron chi connectivity index (χ3n) is 8.30. The second-order valence-corrected chi connectivity index (χ2v) is 9.36. The molecule has 142 valence electrons. The molecule has 0 spiro atoms. The Kier molecular flexibility index (Phi) is 3.93. The summed E-state index contributed by atoms with van der Waals surface area (Å²) in [4.78, 5) is 12.4. The molecule has 0 heterocycles. The van der Waals surface area contributed by atoms with Crippen LogP contribution in [0.5, 0.6) is 0 Å². The van der Waals surface area contributed by atoms with Gasteiger partial charge in [0, 0.05) is 16.7 Å². The highest BCUT2D eigenvalue weighted by Gasteiger charge is 2.67. The van der Waals surface area contributed by atoms with E-state index in [-0.39, 0.29) is 23.2 Å². The van der Waals surface area contributed by atoms with Crippen LogP contribution < -0.4 is 0 Å². The molecule has 0 aromatic heterocycles. The van der Waals surface area contributed by atoms with Crippen LogP contribution in [0.1, 0.15) is 46.5 Å². The molecule has 4 rings (SSSR count). The molecule has 4 nitrogen and oxygen atoms in total. The van der Waals surface area contributed by atoms with Gasteiger partial charge in [-0.15, -0.1) is 0 Å². The molecular formula is C22H30O4. The van der Waals surface area contributed by atoms with E-state index in [1.54, 1.807) is 0 Å². The lowest BCUT2D eigenvalue weighted by molar-refractivity contribution is -0.176. The number of hydrogen-bond donors (Lipinski definition) is 3. The fourth-order valence-corrected chi connectivity index (χ4v) is 7.11. The zero-order valence-corrected chi connectivity index (χ0v) is 15.9. The normalized spacial score (nSPS) is 49.6. The lowest BCUT2D eigenvalue weighted by Gasteiger charge is -2.59. The summed E-state index contributed by atoms with van der Waals surface area (Å²) in [6.45, 7) is 5.70. The largest absolute Gasteiger partial charge is 0.393 e. The number of allylic oxidation sites excluding steroid dienone is 6. The molecule has 0 radical (unpaired) electrons. The minimum Gasteiger partial charge on any atom is -0.393 e. The van der Waals surface area contributed by atoms with Crippen molar-refractivity contribution in [3.05, 3.63) is 35.5 Å². The molecule has 1 unspecified atom stereocenters. The van der Waals surface area contributed by atoms with E-state index in [4.69, 9.17) is 0 Å². The summed E-state index contributed by atoms with van der Waals surface area (Å²) in [6.07, 6.45) is 10.4. The molecule has 4 heteroatoms. The standard InChI is InChI=1S/C22H30O4/c1-13-10-14-16-7-9-22(26,18(25)12-23)21(16,3)11-17(24)19(14)20(2)8-5-4-6-15(13)20/h4-6,8,14,16-17,19,23-24,26H,7,9-12H2,1-3H3/t14-,16-,17?,19+,20-,21-,22-/m0/s1. The summed E-state index contributed by atoms with van der Waals surface area (Å²) >= 11 is 0. The van der Waals surface area contributed by atoms with Crippen molar-refractivity contribution in [1.82, 2.24) is 0 Å². The highest BCUT2D eigenvalue weighted by molar-refractivity contribution is 5.89. The van der Waals surface area contributed by atoms with Crippen LogP contribution in [0.4, 0.5) is 0 Å². The Morgan fingerprint density at radius 1 is 1.31 bits per heavy atom. The maximum Gasteiger partial charge on any atom is 0.190 e. The van der Waals surface area contributed by atoms with Crippen LogP contribution in [0.15, 0.2) is 35.5 Å². The average Bonchev–Trinajstić information content (AvgIpc) is 2.86. The first kappa shape index (κ1) is 18.1. The van der Waals surface area contributed by atoms with Crippen molar-refractivity contribution in [2.75, 3.05) is 6.61 Å². The Balaban J connectivity index is 1.81. The van der Waals surface area contributed by atoms with Crippen LogP contribution in [0.25, 0.3) is 0 Å². The number of carbonyl (C=O) groups is 1. The molecule has 4 aliphatic carbocycles. The van der Waals surface area contributed by atoms with Crippen molar-refractivity contribution < 1.29 is 20.1 Å². The van der Waals surface area contributed by atoms with Gasteiger partial charge >= 0.3 is 0 Å². The average molecular weight is 358 g/mol. The molecule has 0 amide bonds. The second kappa shape index (κ2) is 5.63. The van der Waals surface area contributed by atoms with Crippen LogP contribution in [-0.4, -0.2) is 39.4 Å². The third-order valence-corrected chi connectivity index (χ3v) is 8.30. The molecule has 7 atom stereocenters. The first-order valence-electron chi connectivity index (χ1n) is 9.80.